The smallest absolute Gasteiger partial charge is 0.262 e. The number of para-hydroxylation sites is 1. The standard InChI is InChI=1S/C20H18Cl2N2O2S/c21-16-8-7-13(10-17(16)22)12-27-20-23-18-6-2-1-5-15(18)19(25)24(20)11-14-4-3-9-26-14/h1-2,5-8,10,14H,3-4,9,11-12H2. The van der Waals surface area contributed by atoms with Crippen LogP contribution >= 0.6 is 35.0 Å². The van der Waals surface area contributed by atoms with E-state index in [2.05, 4.69) is 0 Å². The van der Waals surface area contributed by atoms with Crippen molar-refractivity contribution in [2.24, 2.45) is 0 Å². The first-order valence-electron chi connectivity index (χ1n) is 8.80. The molecule has 0 radical (unpaired) electrons. The van der Waals surface area contributed by atoms with Crippen LogP contribution in [0.15, 0.2) is 52.4 Å². The fraction of sp³-hybridized carbons (Fsp3) is 0.300. The van der Waals surface area contributed by atoms with Crippen molar-refractivity contribution < 1.29 is 4.74 Å². The van der Waals surface area contributed by atoms with Crippen molar-refractivity contribution in [2.45, 2.75) is 36.4 Å². The van der Waals surface area contributed by atoms with Gasteiger partial charge >= 0.3 is 0 Å². The Hall–Kier alpha value is -1.53. The lowest BCUT2D eigenvalue weighted by Gasteiger charge is -2.16. The largest absolute Gasteiger partial charge is 0.376 e. The van der Waals surface area contributed by atoms with Gasteiger partial charge in [-0.05, 0) is 42.7 Å². The molecule has 1 aromatic heterocycles. The number of hydrogen-bond acceptors (Lipinski definition) is 4. The van der Waals surface area contributed by atoms with Crippen LogP contribution in [0, 0.1) is 0 Å². The average Bonchev–Trinajstić information content (AvgIpc) is 3.18. The van der Waals surface area contributed by atoms with Crippen LogP contribution in [0.2, 0.25) is 10.0 Å². The van der Waals surface area contributed by atoms with Crippen molar-refractivity contribution in [1.29, 1.82) is 0 Å². The second kappa shape index (κ2) is 8.23. The highest BCUT2D eigenvalue weighted by atomic mass is 35.5. The first-order valence-corrected chi connectivity index (χ1v) is 10.5. The third-order valence-corrected chi connectivity index (χ3v) is 6.38. The molecule has 7 heteroatoms. The Morgan fingerprint density at radius 1 is 1.19 bits per heavy atom. The summed E-state index contributed by atoms with van der Waals surface area (Å²) in [6, 6.07) is 13.0. The second-order valence-corrected chi connectivity index (χ2v) is 8.26. The highest BCUT2D eigenvalue weighted by Gasteiger charge is 2.20. The van der Waals surface area contributed by atoms with Crippen molar-refractivity contribution in [3.63, 3.8) is 0 Å². The van der Waals surface area contributed by atoms with E-state index in [4.69, 9.17) is 32.9 Å². The quantitative estimate of drug-likeness (QED) is 0.421. The van der Waals surface area contributed by atoms with E-state index in [0.29, 0.717) is 38.4 Å². The van der Waals surface area contributed by atoms with Gasteiger partial charge in [0.05, 0.1) is 33.6 Å². The van der Waals surface area contributed by atoms with Gasteiger partial charge in [-0.1, -0.05) is 53.2 Å². The first kappa shape index (κ1) is 18.8. The summed E-state index contributed by atoms with van der Waals surface area (Å²) in [5.41, 5.74) is 1.72. The summed E-state index contributed by atoms with van der Waals surface area (Å²) in [6.45, 7) is 1.28. The Bertz CT molecular complexity index is 1030. The van der Waals surface area contributed by atoms with Gasteiger partial charge in [-0.15, -0.1) is 0 Å². The van der Waals surface area contributed by atoms with Crippen LogP contribution in [0.4, 0.5) is 0 Å². The molecular formula is C20H18Cl2N2O2S. The molecule has 27 heavy (non-hydrogen) atoms. The lowest BCUT2D eigenvalue weighted by molar-refractivity contribution is 0.0937. The molecule has 3 aromatic rings. The summed E-state index contributed by atoms with van der Waals surface area (Å²) in [7, 11) is 0. The minimum Gasteiger partial charge on any atom is -0.376 e. The molecule has 0 aliphatic carbocycles. The molecule has 4 rings (SSSR count). The number of fused-ring (bicyclic) bond motifs is 1. The summed E-state index contributed by atoms with van der Waals surface area (Å²) in [5, 5.41) is 2.39. The van der Waals surface area contributed by atoms with Gasteiger partial charge in [-0.25, -0.2) is 4.98 Å². The van der Waals surface area contributed by atoms with E-state index in [1.54, 1.807) is 10.6 Å². The number of aromatic nitrogens is 2. The molecule has 0 amide bonds. The number of hydrogen-bond donors (Lipinski definition) is 0. The van der Waals surface area contributed by atoms with Crippen LogP contribution in [-0.4, -0.2) is 22.3 Å². The van der Waals surface area contributed by atoms with Crippen LogP contribution in [0.3, 0.4) is 0 Å². The predicted molar refractivity (Wildman–Crippen MR) is 111 cm³/mol. The van der Waals surface area contributed by atoms with Crippen molar-refractivity contribution in [2.75, 3.05) is 6.61 Å². The Morgan fingerprint density at radius 3 is 2.81 bits per heavy atom. The third kappa shape index (κ3) is 4.16. The highest BCUT2D eigenvalue weighted by Crippen LogP contribution is 2.28. The van der Waals surface area contributed by atoms with Crippen molar-refractivity contribution >= 4 is 45.9 Å². The maximum Gasteiger partial charge on any atom is 0.262 e. The molecule has 1 unspecified atom stereocenters. The van der Waals surface area contributed by atoms with Gasteiger partial charge in [0.15, 0.2) is 5.16 Å². The number of halogens is 2. The Labute approximate surface area is 171 Å². The van der Waals surface area contributed by atoms with Crippen molar-refractivity contribution in [1.82, 2.24) is 9.55 Å². The Morgan fingerprint density at radius 2 is 2.04 bits per heavy atom. The highest BCUT2D eigenvalue weighted by molar-refractivity contribution is 7.98. The number of benzene rings is 2. The number of rotatable bonds is 5. The lowest BCUT2D eigenvalue weighted by atomic mass is 10.2. The molecule has 1 saturated heterocycles. The van der Waals surface area contributed by atoms with Gasteiger partial charge < -0.3 is 4.74 Å². The predicted octanol–water partition coefficient (Wildman–Crippen LogP) is 5.17. The van der Waals surface area contributed by atoms with Crippen LogP contribution in [0.5, 0.6) is 0 Å². The zero-order valence-corrected chi connectivity index (χ0v) is 16.9. The summed E-state index contributed by atoms with van der Waals surface area (Å²) < 4.78 is 7.49. The van der Waals surface area contributed by atoms with Gasteiger partial charge in [0.2, 0.25) is 0 Å². The van der Waals surface area contributed by atoms with Crippen LogP contribution < -0.4 is 5.56 Å². The molecule has 2 aromatic carbocycles. The number of ether oxygens (including phenoxy) is 1. The van der Waals surface area contributed by atoms with Crippen molar-refractivity contribution in [3.8, 4) is 0 Å². The van der Waals surface area contributed by atoms with Gasteiger partial charge in [0, 0.05) is 12.4 Å². The molecule has 0 saturated carbocycles. The van der Waals surface area contributed by atoms with Crippen LogP contribution in [-0.2, 0) is 17.0 Å². The molecule has 0 bridgehead atoms. The summed E-state index contributed by atoms with van der Waals surface area (Å²) in [5.74, 6) is 0.646. The molecule has 1 aliphatic rings. The first-order chi connectivity index (χ1) is 13.1. The fourth-order valence-corrected chi connectivity index (χ4v) is 4.46. The van der Waals surface area contributed by atoms with E-state index in [0.717, 1.165) is 25.0 Å². The van der Waals surface area contributed by atoms with Gasteiger partial charge in [-0.2, -0.15) is 0 Å². The Kier molecular flexibility index (Phi) is 5.74. The molecule has 140 valence electrons. The molecule has 1 atom stereocenters. The van der Waals surface area contributed by atoms with Gasteiger partial charge in [-0.3, -0.25) is 9.36 Å². The molecular weight excluding hydrogens is 403 g/mol. The molecule has 1 aliphatic heterocycles. The molecule has 0 spiro atoms. The molecule has 2 heterocycles. The minimum atomic E-state index is -0.0206. The van der Waals surface area contributed by atoms with E-state index in [9.17, 15) is 4.79 Å². The summed E-state index contributed by atoms with van der Waals surface area (Å²) >= 11 is 13.6. The number of thioether (sulfide) groups is 1. The van der Waals surface area contributed by atoms with Crippen molar-refractivity contribution in [3.05, 3.63) is 68.4 Å². The van der Waals surface area contributed by atoms with Crippen LogP contribution in [0.1, 0.15) is 18.4 Å². The van der Waals surface area contributed by atoms with Gasteiger partial charge in [0.1, 0.15) is 0 Å². The second-order valence-electron chi connectivity index (χ2n) is 6.50. The molecule has 4 nitrogen and oxygen atoms in total. The van der Waals surface area contributed by atoms with E-state index in [1.807, 2.05) is 36.4 Å². The lowest BCUT2D eigenvalue weighted by Crippen LogP contribution is -2.28. The van der Waals surface area contributed by atoms with E-state index < -0.39 is 0 Å². The zero-order chi connectivity index (χ0) is 18.8. The topological polar surface area (TPSA) is 44.1 Å². The van der Waals surface area contributed by atoms with E-state index in [1.165, 1.54) is 11.8 Å². The number of nitrogens with zero attached hydrogens (tertiary/aromatic N) is 2. The maximum absolute atomic E-state index is 13.1. The van der Waals surface area contributed by atoms with Gasteiger partial charge in [0.25, 0.3) is 5.56 Å². The average molecular weight is 421 g/mol. The third-order valence-electron chi connectivity index (χ3n) is 4.59. The van der Waals surface area contributed by atoms with E-state index >= 15 is 0 Å². The van der Waals surface area contributed by atoms with Crippen LogP contribution in [0.25, 0.3) is 10.9 Å². The zero-order valence-electron chi connectivity index (χ0n) is 14.5. The summed E-state index contributed by atoms with van der Waals surface area (Å²) in [4.78, 5) is 17.8. The molecule has 1 fully saturated rings. The normalized spacial score (nSPS) is 16.9. The monoisotopic (exact) mass is 420 g/mol. The SMILES string of the molecule is O=c1c2ccccc2nc(SCc2ccc(Cl)c(Cl)c2)n1CC1CCCO1. The fourth-order valence-electron chi connectivity index (χ4n) is 3.19. The minimum absolute atomic E-state index is 0.0206. The Balaban J connectivity index is 1.68. The summed E-state index contributed by atoms with van der Waals surface area (Å²) in [6.07, 6.45) is 2.07. The van der Waals surface area contributed by atoms with E-state index in [-0.39, 0.29) is 11.7 Å². The molecule has 0 N–H and O–H groups in total. The maximum atomic E-state index is 13.1.